The minimum Gasteiger partial charge on any atom is -0.481 e. The maximum Gasteiger partial charge on any atom is 0.226 e. The molecule has 4 nitrogen and oxygen atoms in total. The van der Waals surface area contributed by atoms with Crippen molar-refractivity contribution >= 4 is 17.5 Å². The van der Waals surface area contributed by atoms with Crippen LogP contribution in [-0.4, -0.2) is 23.6 Å². The van der Waals surface area contributed by atoms with E-state index in [-0.39, 0.29) is 5.38 Å². The minimum absolute atomic E-state index is 0.128. The number of halogens is 1. The summed E-state index contributed by atoms with van der Waals surface area (Å²) in [7, 11) is 1.58. The van der Waals surface area contributed by atoms with Gasteiger partial charge in [-0.3, -0.25) is 0 Å². The number of methoxy groups -OCH3 is 1. The van der Waals surface area contributed by atoms with Gasteiger partial charge in [-0.15, -0.1) is 11.6 Å². The quantitative estimate of drug-likeness (QED) is 0.853. The molecule has 1 aromatic carbocycles. The van der Waals surface area contributed by atoms with Crippen molar-refractivity contribution in [2.75, 3.05) is 19.0 Å². The molecule has 19 heavy (non-hydrogen) atoms. The number of alkyl halides is 1. The molecule has 0 bridgehead atoms. The zero-order valence-corrected chi connectivity index (χ0v) is 11.7. The Labute approximate surface area is 117 Å². The van der Waals surface area contributed by atoms with E-state index in [1.54, 1.807) is 13.2 Å². The number of nitrogens with zero attached hydrogens (tertiary/aromatic N) is 2. The first kappa shape index (κ1) is 13.6. The van der Waals surface area contributed by atoms with Crippen LogP contribution < -0.4 is 10.1 Å². The van der Waals surface area contributed by atoms with Crippen LogP contribution in [0.2, 0.25) is 0 Å². The van der Waals surface area contributed by atoms with Crippen LogP contribution in [0.3, 0.4) is 0 Å². The third kappa shape index (κ3) is 3.83. The van der Waals surface area contributed by atoms with Crippen LogP contribution in [0.1, 0.15) is 16.6 Å². The van der Waals surface area contributed by atoms with Crippen molar-refractivity contribution in [3.63, 3.8) is 0 Å². The Morgan fingerprint density at radius 3 is 2.68 bits per heavy atom. The normalized spacial score (nSPS) is 11.9. The molecule has 0 fully saturated rings. The van der Waals surface area contributed by atoms with Crippen molar-refractivity contribution in [1.82, 2.24) is 9.97 Å². The zero-order chi connectivity index (χ0) is 13.7. The van der Waals surface area contributed by atoms with Gasteiger partial charge in [-0.25, -0.2) is 4.98 Å². The van der Waals surface area contributed by atoms with E-state index in [2.05, 4.69) is 15.3 Å². The topological polar surface area (TPSA) is 47.0 Å². The van der Waals surface area contributed by atoms with Crippen LogP contribution in [0.5, 0.6) is 5.88 Å². The molecular formula is C14H16ClN3O. The second kappa shape index (κ2) is 6.38. The monoisotopic (exact) mass is 277 g/mol. The van der Waals surface area contributed by atoms with Crippen LogP contribution in [0.15, 0.2) is 36.4 Å². The molecular weight excluding hydrogens is 262 g/mol. The van der Waals surface area contributed by atoms with Gasteiger partial charge in [0, 0.05) is 18.3 Å². The lowest BCUT2D eigenvalue weighted by Gasteiger charge is -2.12. The Morgan fingerprint density at radius 1 is 1.26 bits per heavy atom. The maximum absolute atomic E-state index is 6.32. The summed E-state index contributed by atoms with van der Waals surface area (Å²) < 4.78 is 5.10. The van der Waals surface area contributed by atoms with Crippen molar-refractivity contribution in [2.24, 2.45) is 0 Å². The fraction of sp³-hybridized carbons (Fsp3) is 0.286. The van der Waals surface area contributed by atoms with Gasteiger partial charge >= 0.3 is 0 Å². The Bertz CT molecular complexity index is 533. The molecule has 2 rings (SSSR count). The Morgan fingerprint density at radius 2 is 2.00 bits per heavy atom. The van der Waals surface area contributed by atoms with E-state index < -0.39 is 0 Å². The number of hydrogen-bond acceptors (Lipinski definition) is 4. The number of benzene rings is 1. The van der Waals surface area contributed by atoms with Gasteiger partial charge in [-0.2, -0.15) is 4.98 Å². The van der Waals surface area contributed by atoms with Gasteiger partial charge in [-0.1, -0.05) is 30.3 Å². The first-order chi connectivity index (χ1) is 9.19. The summed E-state index contributed by atoms with van der Waals surface area (Å²) in [4.78, 5) is 8.50. The SMILES string of the molecule is COc1cc(C)nc(NCC(Cl)c2ccccc2)n1. The summed E-state index contributed by atoms with van der Waals surface area (Å²) in [5.41, 5.74) is 1.91. The fourth-order valence-corrected chi connectivity index (χ4v) is 1.91. The van der Waals surface area contributed by atoms with Gasteiger partial charge in [-0.05, 0) is 12.5 Å². The van der Waals surface area contributed by atoms with Crippen LogP contribution in [0, 0.1) is 6.92 Å². The van der Waals surface area contributed by atoms with E-state index in [1.165, 1.54) is 0 Å². The Balaban J connectivity index is 2.01. The van der Waals surface area contributed by atoms with Crippen molar-refractivity contribution in [3.8, 4) is 5.88 Å². The number of nitrogens with one attached hydrogen (secondary N) is 1. The summed E-state index contributed by atoms with van der Waals surface area (Å²) in [6, 6.07) is 11.7. The fourth-order valence-electron chi connectivity index (χ4n) is 1.68. The summed E-state index contributed by atoms with van der Waals surface area (Å²) in [5, 5.41) is 3.00. The van der Waals surface area contributed by atoms with Crippen molar-refractivity contribution < 1.29 is 4.74 Å². The molecule has 0 aliphatic carbocycles. The van der Waals surface area contributed by atoms with Crippen LogP contribution in [0.25, 0.3) is 0 Å². The molecule has 1 unspecified atom stereocenters. The number of rotatable bonds is 5. The van der Waals surface area contributed by atoms with Crippen LogP contribution in [0.4, 0.5) is 5.95 Å². The highest BCUT2D eigenvalue weighted by Crippen LogP contribution is 2.20. The zero-order valence-electron chi connectivity index (χ0n) is 10.9. The summed E-state index contributed by atoms with van der Waals surface area (Å²) in [6.07, 6.45) is 0. The van der Waals surface area contributed by atoms with Crippen LogP contribution in [-0.2, 0) is 0 Å². The van der Waals surface area contributed by atoms with Gasteiger partial charge in [0.05, 0.1) is 12.5 Å². The largest absolute Gasteiger partial charge is 0.481 e. The number of ether oxygens (including phenoxy) is 1. The summed E-state index contributed by atoms with van der Waals surface area (Å²) in [5.74, 6) is 1.07. The molecule has 2 aromatic rings. The standard InChI is InChI=1S/C14H16ClN3O/c1-10-8-13(19-2)18-14(17-10)16-9-12(15)11-6-4-3-5-7-11/h3-8,12H,9H2,1-2H3,(H,16,17,18). The molecule has 5 heteroatoms. The Hall–Kier alpha value is -1.81. The van der Waals surface area contributed by atoms with E-state index in [4.69, 9.17) is 16.3 Å². The second-order valence-corrected chi connectivity index (χ2v) is 4.66. The first-order valence-corrected chi connectivity index (χ1v) is 6.45. The number of aromatic nitrogens is 2. The maximum atomic E-state index is 6.32. The molecule has 100 valence electrons. The van der Waals surface area contributed by atoms with E-state index in [0.717, 1.165) is 11.3 Å². The molecule has 0 saturated heterocycles. The smallest absolute Gasteiger partial charge is 0.226 e. The molecule has 0 aliphatic rings. The third-order valence-electron chi connectivity index (χ3n) is 2.64. The summed E-state index contributed by atoms with van der Waals surface area (Å²) in [6.45, 7) is 2.45. The highest BCUT2D eigenvalue weighted by molar-refractivity contribution is 6.21. The van der Waals surface area contributed by atoms with Gasteiger partial charge in [0.15, 0.2) is 0 Å². The second-order valence-electron chi connectivity index (χ2n) is 4.13. The highest BCUT2D eigenvalue weighted by atomic mass is 35.5. The van der Waals surface area contributed by atoms with Crippen molar-refractivity contribution in [3.05, 3.63) is 47.7 Å². The first-order valence-electron chi connectivity index (χ1n) is 6.01. The van der Waals surface area contributed by atoms with Gasteiger partial charge in [0.1, 0.15) is 0 Å². The average molecular weight is 278 g/mol. The number of aryl methyl sites for hydroxylation is 1. The third-order valence-corrected chi connectivity index (χ3v) is 3.05. The lowest BCUT2D eigenvalue weighted by Crippen LogP contribution is -2.11. The summed E-state index contributed by atoms with van der Waals surface area (Å²) >= 11 is 6.32. The molecule has 1 heterocycles. The molecule has 1 N–H and O–H groups in total. The average Bonchev–Trinajstić information content (AvgIpc) is 2.45. The van der Waals surface area contributed by atoms with E-state index in [1.807, 2.05) is 37.3 Å². The van der Waals surface area contributed by atoms with E-state index >= 15 is 0 Å². The predicted molar refractivity (Wildman–Crippen MR) is 76.8 cm³/mol. The lowest BCUT2D eigenvalue weighted by molar-refractivity contribution is 0.397. The molecule has 0 spiro atoms. The van der Waals surface area contributed by atoms with E-state index in [0.29, 0.717) is 18.4 Å². The highest BCUT2D eigenvalue weighted by Gasteiger charge is 2.08. The Kier molecular flexibility index (Phi) is 4.58. The number of anilines is 1. The minimum atomic E-state index is -0.128. The molecule has 0 radical (unpaired) electrons. The molecule has 1 aromatic heterocycles. The van der Waals surface area contributed by atoms with Gasteiger partial charge < -0.3 is 10.1 Å². The molecule has 1 atom stereocenters. The molecule has 0 amide bonds. The van der Waals surface area contributed by atoms with E-state index in [9.17, 15) is 0 Å². The lowest BCUT2D eigenvalue weighted by atomic mass is 10.1. The number of hydrogen-bond donors (Lipinski definition) is 1. The molecule has 0 saturated carbocycles. The van der Waals surface area contributed by atoms with Crippen molar-refractivity contribution in [2.45, 2.75) is 12.3 Å². The predicted octanol–water partition coefficient (Wildman–Crippen LogP) is 3.19. The molecule has 0 aliphatic heterocycles. The van der Waals surface area contributed by atoms with Crippen LogP contribution >= 0.6 is 11.6 Å². The van der Waals surface area contributed by atoms with Gasteiger partial charge in [0.2, 0.25) is 11.8 Å². The van der Waals surface area contributed by atoms with Crippen molar-refractivity contribution in [1.29, 1.82) is 0 Å². The van der Waals surface area contributed by atoms with Gasteiger partial charge in [0.25, 0.3) is 0 Å².